The van der Waals surface area contributed by atoms with Gasteiger partial charge in [-0.1, -0.05) is 0 Å². The molecule has 5 heteroatoms. The van der Waals surface area contributed by atoms with Crippen molar-refractivity contribution < 1.29 is 9.17 Å². The van der Waals surface area contributed by atoms with E-state index in [1.54, 1.807) is 3.88 Å². The third kappa shape index (κ3) is 7.89. The van der Waals surface area contributed by atoms with E-state index in [2.05, 4.69) is 61.0 Å². The van der Waals surface area contributed by atoms with Crippen molar-refractivity contribution in [3.05, 3.63) is 22.1 Å². The molecule has 2 rings (SSSR count). The van der Waals surface area contributed by atoms with Crippen LogP contribution in [-0.2, 0) is 9.17 Å². The molecule has 28 heavy (non-hydrogen) atoms. The summed E-state index contributed by atoms with van der Waals surface area (Å²) in [6, 6.07) is 0.622. The van der Waals surface area contributed by atoms with Crippen LogP contribution < -0.4 is 3.80 Å². The van der Waals surface area contributed by atoms with E-state index in [0.717, 1.165) is 6.42 Å². The Morgan fingerprint density at radius 1 is 0.750 bits per heavy atom. The van der Waals surface area contributed by atoms with Gasteiger partial charge in [0.15, 0.2) is 0 Å². The molecule has 2 aliphatic carbocycles. The average molecular weight is 489 g/mol. The summed E-state index contributed by atoms with van der Waals surface area (Å²) in [4.78, 5) is 0. The molecule has 0 atom stereocenters. The molecule has 0 bridgehead atoms. The molecule has 0 spiro atoms. The molecule has 0 radical (unpaired) electrons. The van der Waals surface area contributed by atoms with Crippen molar-refractivity contribution in [1.29, 1.82) is 0 Å². The van der Waals surface area contributed by atoms with Crippen molar-refractivity contribution in [3.63, 3.8) is 0 Å². The SMILES string of the molecule is Cl.Cl.[CH3][Ti]([CH3])([CH3])([CH3])([CH3])([CH3])(=[SiH2])([NH]C1CCCCCCCCCCC1)[C]1=CC=CC1. The van der Waals surface area contributed by atoms with Gasteiger partial charge in [0.25, 0.3) is 0 Å². The minimum atomic E-state index is -4.92. The molecule has 0 unspecified atom stereocenters. The Hall–Kier alpha value is 0.951. The maximum atomic E-state index is 4.53. The molecular weight excluding hydrogens is 437 g/mol. The van der Waals surface area contributed by atoms with E-state index < -0.39 is 9.17 Å². The summed E-state index contributed by atoms with van der Waals surface area (Å²) in [6.07, 6.45) is 23.6. The Morgan fingerprint density at radius 3 is 1.50 bits per heavy atom. The Labute approximate surface area is 181 Å². The Bertz CT molecular complexity index is 789. The summed E-state index contributed by atoms with van der Waals surface area (Å²) in [7, 11) is -2.59. The first-order valence-corrected chi connectivity index (χ1v) is 26.6. The minimum absolute atomic E-state index is 0. The van der Waals surface area contributed by atoms with Gasteiger partial charge in [-0.2, -0.15) is 0 Å². The van der Waals surface area contributed by atoms with Crippen LogP contribution in [0.25, 0.3) is 0 Å². The second kappa shape index (κ2) is 5.84. The molecule has 2 aliphatic rings. The van der Waals surface area contributed by atoms with Gasteiger partial charge in [-0.3, -0.25) is 0 Å². The standard InChI is InChI=1S/C12H24N.C5H5.6CH3.2ClH.H2Si.Ti/c13-12-10-8-6-4-2-1-3-5-7-9-11-12;1-2-4-5-3-1;;;;;;;;;;/h12-13H,1-11H2;1-3H,4H2;6*1H3;2*1H;1H2;/q-1;;;;;;;;;;;+1. The topological polar surface area (TPSA) is 12.0 Å². The van der Waals surface area contributed by atoms with Crippen molar-refractivity contribution in [2.45, 2.75) is 114 Å². The van der Waals surface area contributed by atoms with Crippen LogP contribution in [0.2, 0.25) is 31.4 Å². The van der Waals surface area contributed by atoms with Crippen LogP contribution in [0.5, 0.6) is 0 Å². The van der Waals surface area contributed by atoms with Crippen LogP contribution in [-0.4, -0.2) is 13.7 Å². The van der Waals surface area contributed by atoms with Crippen molar-refractivity contribution in [3.8, 4) is 0 Å². The van der Waals surface area contributed by atoms with Gasteiger partial charge in [0.05, 0.1) is 0 Å². The summed E-state index contributed by atoms with van der Waals surface area (Å²) < 4.78 is 6.16. The van der Waals surface area contributed by atoms with E-state index in [9.17, 15) is 0 Å². The first-order chi connectivity index (χ1) is 11.3. The fourth-order valence-electron chi connectivity index (χ4n) is 5.65. The van der Waals surface area contributed by atoms with E-state index in [1.165, 1.54) is 70.6 Å². The third-order valence-corrected chi connectivity index (χ3v) is 21.8. The molecule has 1 nitrogen and oxygen atoms in total. The quantitative estimate of drug-likeness (QED) is 0.393. The predicted octanol–water partition coefficient (Wildman–Crippen LogP) is 8.52. The zero-order chi connectivity index (χ0) is 19.8. The molecule has 170 valence electrons. The van der Waals surface area contributed by atoms with Crippen LogP contribution >= 0.6 is 24.8 Å². The molecular formula is C23H51Cl2NSiTi. The summed E-state index contributed by atoms with van der Waals surface area (Å²) in [5.74, 6) is 0. The first-order valence-electron chi connectivity index (χ1n) is 11.7. The van der Waals surface area contributed by atoms with Gasteiger partial charge in [0.1, 0.15) is 0 Å². The van der Waals surface area contributed by atoms with Crippen LogP contribution in [0.15, 0.2) is 22.1 Å². The van der Waals surface area contributed by atoms with Crippen molar-refractivity contribution in [2.24, 2.45) is 0 Å². The summed E-state index contributed by atoms with van der Waals surface area (Å²) >= 11 is 0. The zero-order valence-electron chi connectivity index (χ0n) is 19.8. The molecule has 0 aromatic rings. The second-order valence-electron chi connectivity index (χ2n) is 19.0. The first kappa shape index (κ1) is 29.0. The van der Waals surface area contributed by atoms with Crippen molar-refractivity contribution in [1.82, 2.24) is 3.80 Å². The van der Waals surface area contributed by atoms with E-state index >= 15 is 0 Å². The predicted molar refractivity (Wildman–Crippen MR) is 138 cm³/mol. The monoisotopic (exact) mass is 487 g/mol. The molecule has 0 aliphatic heterocycles. The summed E-state index contributed by atoms with van der Waals surface area (Å²) in [5, 5.41) is 15.8. The van der Waals surface area contributed by atoms with E-state index in [1.807, 2.05) is 0 Å². The second-order valence-corrected chi connectivity index (χ2v) is 81.8. The molecule has 0 saturated heterocycles. The molecule has 0 aromatic carbocycles. The normalized spacial score (nSPS) is 27.9. The van der Waals surface area contributed by atoms with Gasteiger partial charge in [-0.15, -0.1) is 24.8 Å². The molecule has 1 saturated carbocycles. The fourth-order valence-corrected chi connectivity index (χ4v) is 17.8. The van der Waals surface area contributed by atoms with Crippen molar-refractivity contribution >= 4 is 32.4 Å². The van der Waals surface area contributed by atoms with E-state index in [-0.39, 0.29) is 24.8 Å². The maximum absolute atomic E-state index is 4.92. The van der Waals surface area contributed by atoms with Gasteiger partial charge in [0, 0.05) is 0 Å². The molecule has 1 N–H and O–H groups in total. The van der Waals surface area contributed by atoms with Gasteiger partial charge in [0.2, 0.25) is 0 Å². The van der Waals surface area contributed by atoms with E-state index in [0.29, 0.717) is 6.04 Å². The van der Waals surface area contributed by atoms with Crippen LogP contribution in [0.4, 0.5) is 0 Å². The molecule has 1 fully saturated rings. The summed E-state index contributed by atoms with van der Waals surface area (Å²) in [6.45, 7) is 0. The Kier molecular flexibility index (Phi) is 6.04. The van der Waals surface area contributed by atoms with Gasteiger partial charge >= 0.3 is 157 Å². The number of halogens is 2. The number of nitrogens with one attached hydrogen (secondary N) is 1. The number of hydrogen-bond acceptors (Lipinski definition) is 1. The molecule has 0 heterocycles. The molecule has 0 amide bonds. The Balaban J connectivity index is 0.00000364. The number of rotatable bonds is 3. The van der Waals surface area contributed by atoms with Crippen LogP contribution in [0, 0.1) is 0 Å². The van der Waals surface area contributed by atoms with Gasteiger partial charge in [-0.25, -0.2) is 0 Å². The van der Waals surface area contributed by atoms with Crippen LogP contribution in [0.3, 0.4) is 0 Å². The van der Waals surface area contributed by atoms with Gasteiger partial charge in [-0.05, 0) is 0 Å². The average Bonchev–Trinajstić information content (AvgIpc) is 2.95. The fraction of sp³-hybridized carbons (Fsp3) is 0.826. The number of hydrogen-bond donors (Lipinski definition) is 1. The molecule has 0 aromatic heterocycles. The zero-order valence-corrected chi connectivity index (χ0v) is 24.4. The van der Waals surface area contributed by atoms with E-state index in [4.69, 9.17) is 0 Å². The van der Waals surface area contributed by atoms with Gasteiger partial charge < -0.3 is 0 Å². The number of allylic oxidation sites excluding steroid dienone is 4. The van der Waals surface area contributed by atoms with Crippen molar-refractivity contribution in [2.75, 3.05) is 0 Å². The summed E-state index contributed by atoms with van der Waals surface area (Å²) in [5.41, 5.74) is 0. The van der Waals surface area contributed by atoms with Crippen LogP contribution in [0.1, 0.15) is 77.0 Å². The third-order valence-electron chi connectivity index (χ3n) is 7.44. The Morgan fingerprint density at radius 2 is 1.14 bits per heavy atom.